The van der Waals surface area contributed by atoms with Crippen LogP contribution in [0.25, 0.3) is 18.2 Å². The van der Waals surface area contributed by atoms with Gasteiger partial charge in [-0.05, 0) is 138 Å². The fraction of sp³-hybridized carbons (Fsp3) is 0.529. The van der Waals surface area contributed by atoms with Gasteiger partial charge in [0.1, 0.15) is 42.8 Å². The summed E-state index contributed by atoms with van der Waals surface area (Å²) < 4.78 is 94.1. The molecule has 4 atom stereocenters. The number of aromatic amines is 1. The Bertz CT molecular complexity index is 3860. The van der Waals surface area contributed by atoms with Crippen LogP contribution >= 0.6 is 0 Å². The van der Waals surface area contributed by atoms with Crippen LogP contribution in [0.5, 0.6) is 17.2 Å². The summed E-state index contributed by atoms with van der Waals surface area (Å²) in [6, 6.07) is 12.9. The number of aromatic nitrogens is 2. The first kappa shape index (κ1) is 79.5. The monoisotopic (exact) mass is 1430 g/mol. The van der Waals surface area contributed by atoms with Gasteiger partial charge in [-0.3, -0.25) is 43.5 Å². The molecule has 4 aromatic rings. The Kier molecular flexibility index (Phi) is 28.1. The zero-order chi connectivity index (χ0) is 74.0. The minimum absolute atomic E-state index is 0.0261. The van der Waals surface area contributed by atoms with Crippen LogP contribution < -0.4 is 35.1 Å². The van der Waals surface area contributed by atoms with Gasteiger partial charge in [-0.15, -0.1) is 0 Å². The molecule has 27 nitrogen and oxygen atoms in total. The summed E-state index contributed by atoms with van der Waals surface area (Å²) in [4.78, 5) is 98.8. The number of aryl methyl sites for hydroxylation is 2. The molecular formula is C70H101BF2N11O16S+3. The molecule has 3 aliphatic rings. The van der Waals surface area contributed by atoms with Crippen LogP contribution in [-0.2, 0) is 50.1 Å². The third-order valence-corrected chi connectivity index (χ3v) is 18.4. The average Bonchev–Trinajstić information content (AvgIpc) is 1.53. The Balaban J connectivity index is 0.944. The number of unbranched alkanes of at least 4 members (excludes halogenated alkanes) is 3. The van der Waals surface area contributed by atoms with Gasteiger partial charge in [-0.25, -0.2) is 4.79 Å². The van der Waals surface area contributed by atoms with E-state index in [-0.39, 0.29) is 92.1 Å². The molecule has 3 aliphatic heterocycles. The SMILES string of the molecule is CCCCC1=CC(c2ccc(C)[nH]2)=[N+]2C1=Cc1c(CCCS(=O)(=O)O)cc(/C=C/c3ccc(OCCCC(=O)NC(CCCC[N+](C)(C)C)C(=O)NC(CCCC[N+](C)(C)C)C(=O)NCC[NH+](C)CCOc4cc([N+](=O)[O-])c(C(C)OC(=O)ON5C(=O)CCC5=O)cc4OC)cc3)n1[B-]2(F)F. The van der Waals surface area contributed by atoms with Crippen LogP contribution in [0.15, 0.2) is 71.9 Å². The van der Waals surface area contributed by atoms with E-state index in [1.165, 1.54) is 20.1 Å². The zero-order valence-corrected chi connectivity index (χ0v) is 60.8. The Labute approximate surface area is 590 Å². The van der Waals surface area contributed by atoms with Crippen LogP contribution in [-0.4, -0.2) is 214 Å². The molecule has 2 aromatic carbocycles. The fourth-order valence-electron chi connectivity index (χ4n) is 12.2. The van der Waals surface area contributed by atoms with Crippen molar-refractivity contribution in [2.45, 2.75) is 135 Å². The van der Waals surface area contributed by atoms with Gasteiger partial charge in [-0.1, -0.05) is 36.6 Å². The van der Waals surface area contributed by atoms with Crippen molar-refractivity contribution in [3.8, 4) is 17.2 Å². The number of amides is 5. The van der Waals surface area contributed by atoms with Gasteiger partial charge >= 0.3 is 13.1 Å². The lowest BCUT2D eigenvalue weighted by atomic mass is 9.88. The number of ether oxygens (including phenoxy) is 4. The summed E-state index contributed by atoms with van der Waals surface area (Å²) in [5, 5.41) is 21.4. The van der Waals surface area contributed by atoms with E-state index < -0.39 is 75.5 Å². The second kappa shape index (κ2) is 35.7. The Morgan fingerprint density at radius 3 is 2.10 bits per heavy atom. The maximum absolute atomic E-state index is 17.5. The van der Waals surface area contributed by atoms with E-state index in [0.29, 0.717) is 99.6 Å². The topological polar surface area (TPSA) is 314 Å². The molecule has 7 rings (SSSR count). The van der Waals surface area contributed by atoms with Crippen molar-refractivity contribution >= 4 is 82.4 Å². The van der Waals surface area contributed by atoms with Crippen molar-refractivity contribution in [3.63, 3.8) is 0 Å². The van der Waals surface area contributed by atoms with E-state index in [9.17, 15) is 51.9 Å². The molecule has 552 valence electrons. The van der Waals surface area contributed by atoms with E-state index >= 15 is 8.63 Å². The van der Waals surface area contributed by atoms with Crippen molar-refractivity contribution in [3.05, 3.63) is 122 Å². The largest absolute Gasteiger partial charge is 0.737 e. The number of H-pyrrole nitrogens is 1. The predicted octanol–water partition coefficient (Wildman–Crippen LogP) is 7.11. The van der Waals surface area contributed by atoms with Crippen molar-refractivity contribution < 1.29 is 97.4 Å². The number of nitro groups is 1. The van der Waals surface area contributed by atoms with Gasteiger partial charge in [0.05, 0.1) is 112 Å². The number of nitrogens with zero attached hydrogens (tertiary/aromatic N) is 6. The molecule has 6 N–H and O–H groups in total. The van der Waals surface area contributed by atoms with Gasteiger partial charge in [0, 0.05) is 54.1 Å². The highest BCUT2D eigenvalue weighted by Crippen LogP contribution is 2.42. The van der Waals surface area contributed by atoms with Crippen LogP contribution in [0, 0.1) is 17.0 Å². The number of allylic oxidation sites excluding steroid dienone is 2. The van der Waals surface area contributed by atoms with E-state index in [1.807, 2.05) is 33.0 Å². The molecule has 1 fully saturated rings. The number of hydrogen-bond donors (Lipinski definition) is 6. The third kappa shape index (κ3) is 23.4. The summed E-state index contributed by atoms with van der Waals surface area (Å²) in [5.41, 5.74) is 4.08. The number of fused-ring (bicyclic) bond motifs is 2. The Morgan fingerprint density at radius 2 is 1.50 bits per heavy atom. The molecule has 0 aliphatic carbocycles. The number of benzene rings is 2. The summed E-state index contributed by atoms with van der Waals surface area (Å²) in [5.74, 6) is -2.58. The number of rotatable bonds is 41. The number of nitrogens with one attached hydrogen (secondary N) is 5. The van der Waals surface area contributed by atoms with Crippen molar-refractivity contribution in [1.82, 2.24) is 30.5 Å². The molecule has 0 bridgehead atoms. The van der Waals surface area contributed by atoms with E-state index in [0.717, 1.165) is 70.0 Å². The molecule has 2 aromatic heterocycles. The number of imide groups is 1. The van der Waals surface area contributed by atoms with Gasteiger partial charge in [0.25, 0.3) is 27.6 Å². The molecule has 0 radical (unpaired) electrons. The highest BCUT2D eigenvalue weighted by atomic mass is 32.2. The number of halogens is 2. The van der Waals surface area contributed by atoms with Gasteiger partial charge < -0.3 is 71.3 Å². The highest BCUT2D eigenvalue weighted by molar-refractivity contribution is 7.85. The van der Waals surface area contributed by atoms with E-state index in [4.69, 9.17) is 23.8 Å². The molecule has 5 amide bonds. The highest BCUT2D eigenvalue weighted by Gasteiger charge is 2.55. The van der Waals surface area contributed by atoms with Crippen LogP contribution in [0.3, 0.4) is 0 Å². The van der Waals surface area contributed by atoms with Gasteiger partial charge in [-0.2, -0.15) is 8.42 Å². The number of hydrogen-bond acceptors (Lipinski definition) is 15. The number of hydroxylamine groups is 2. The van der Waals surface area contributed by atoms with E-state index in [2.05, 4.69) is 63.2 Å². The van der Waals surface area contributed by atoms with Crippen molar-refractivity contribution in [2.75, 3.05) is 108 Å². The number of quaternary nitrogens is 3. The quantitative estimate of drug-likeness (QED) is 0.00377. The van der Waals surface area contributed by atoms with Crippen LogP contribution in [0.1, 0.15) is 149 Å². The lowest BCUT2D eigenvalue weighted by Crippen LogP contribution is -3.10. The minimum atomic E-state index is -4.48. The Morgan fingerprint density at radius 1 is 0.832 bits per heavy atom. The normalized spacial score (nSPS) is 15.7. The fourth-order valence-corrected chi connectivity index (χ4v) is 12.7. The third-order valence-electron chi connectivity index (χ3n) is 17.6. The molecule has 101 heavy (non-hydrogen) atoms. The summed E-state index contributed by atoms with van der Waals surface area (Å²) in [6.45, 7) is 3.67. The van der Waals surface area contributed by atoms with Gasteiger partial charge in [0.15, 0.2) is 22.9 Å². The first-order chi connectivity index (χ1) is 47.6. The number of nitro benzene ring substituents is 1. The number of carbonyl (C=O) groups is 6. The average molecular weight is 1430 g/mol. The molecule has 5 heterocycles. The number of likely N-dealkylation sites (N-methyl/N-ethyl adjacent to an activating group) is 1. The maximum Gasteiger partial charge on any atom is 0.737 e. The van der Waals surface area contributed by atoms with Crippen LogP contribution in [0.2, 0.25) is 0 Å². The minimum Gasteiger partial charge on any atom is -0.494 e. The maximum atomic E-state index is 17.5. The number of methoxy groups -OCH3 is 1. The molecule has 31 heteroatoms. The first-order valence-corrected chi connectivity index (χ1v) is 36.2. The first-order valence-electron chi connectivity index (χ1n) is 34.6. The summed E-state index contributed by atoms with van der Waals surface area (Å²) in [6.07, 6.45) is 10.2. The molecular weight excluding hydrogens is 1330 g/mol. The summed E-state index contributed by atoms with van der Waals surface area (Å²) in [7, 11) is 11.3. The van der Waals surface area contributed by atoms with E-state index in [1.54, 1.807) is 54.6 Å². The second-order valence-corrected chi connectivity index (χ2v) is 29.7. The smallest absolute Gasteiger partial charge is 0.494 e. The molecule has 0 saturated carbocycles. The molecule has 1 saturated heterocycles. The Hall–Kier alpha value is -8.78. The summed E-state index contributed by atoms with van der Waals surface area (Å²) >= 11 is 0. The standard InChI is InChI=1S/C70H98BF2N11O16S/c1-12-13-20-52-44-62(56-32-25-48(2)75-56)80-60(52)46-59-51(21-19-42-101(93,94)95)43-53(79(59)71(80,72)73)29-26-50-27-30-54(31-28-50)97-40-18-24-65(85)76-58(23-15-17-39-84(8,9)10)69(89)77-57(22-14-16-38-83(5,6)7)68(88)74-35-36-78(4)37-41-98-64-47-61(82(91)92)55(45-63(64)96-11)49(3)99-70(90)100-81-66(86)33-34-67(81)87/h25-32,43-47,49,57-58,75H,12-24,33-42H2,1-11H3,(H2-2,74,76,77,85,88,89,93,94,95)/p+3/b29-26+. The lowest BCUT2D eigenvalue weighted by Gasteiger charge is -2.31. The predicted molar refractivity (Wildman–Crippen MR) is 377 cm³/mol. The van der Waals surface area contributed by atoms with Crippen molar-refractivity contribution in [2.24, 2.45) is 0 Å². The number of carbonyl (C=O) groups excluding carboxylic acids is 6. The zero-order valence-electron chi connectivity index (χ0n) is 60.0. The lowest BCUT2D eigenvalue weighted by molar-refractivity contribution is -0.878. The molecule has 4 unspecified atom stereocenters. The second-order valence-electron chi connectivity index (χ2n) is 28.1. The van der Waals surface area contributed by atoms with Crippen LogP contribution in [0.4, 0.5) is 19.1 Å². The molecule has 0 spiro atoms. The van der Waals surface area contributed by atoms with Crippen molar-refractivity contribution in [1.29, 1.82) is 0 Å². The van der Waals surface area contributed by atoms with Gasteiger partial charge in [0.2, 0.25) is 17.7 Å².